The van der Waals surface area contributed by atoms with E-state index in [1.165, 1.54) is 78.9 Å². The summed E-state index contributed by atoms with van der Waals surface area (Å²) in [6.45, 7) is 0.0631. The Balaban J connectivity index is 0.000000144. The fourth-order valence-corrected chi connectivity index (χ4v) is 5.64. The summed E-state index contributed by atoms with van der Waals surface area (Å²) in [5, 5.41) is 0. The lowest BCUT2D eigenvalue weighted by molar-refractivity contribution is -0.142. The van der Waals surface area contributed by atoms with Crippen LogP contribution >= 0.6 is 0 Å². The first-order chi connectivity index (χ1) is 26.7. The first kappa shape index (κ1) is 37.5. The predicted octanol–water partition coefficient (Wildman–Crippen LogP) is -0.0728. The molecule has 6 heterocycles. The van der Waals surface area contributed by atoms with Gasteiger partial charge < -0.3 is 0 Å². The topological polar surface area (TPSA) is 224 Å². The van der Waals surface area contributed by atoms with Crippen molar-refractivity contribution in [1.82, 2.24) is 9.80 Å². The summed E-state index contributed by atoms with van der Waals surface area (Å²) in [5.41, 5.74) is 1.41. The molecule has 2 aromatic carbocycles. The lowest BCUT2D eigenvalue weighted by Gasteiger charge is -2.18. The number of benzene rings is 2. The maximum atomic E-state index is 11.6. The Hall–Kier alpha value is -8.28. The van der Waals surface area contributed by atoms with Gasteiger partial charge in [0.25, 0.3) is 70.9 Å². The Morgan fingerprint density at radius 1 is 0.268 bits per heavy atom. The van der Waals surface area contributed by atoms with Crippen molar-refractivity contribution < 1.29 is 57.5 Å². The minimum absolute atomic E-state index is 0.0316. The average molecular weight is 757 g/mol. The molecule has 0 saturated heterocycles. The zero-order chi connectivity index (χ0) is 40.3. The summed E-state index contributed by atoms with van der Waals surface area (Å²) >= 11 is 0. The second-order valence-electron chi connectivity index (χ2n) is 11.7. The van der Waals surface area contributed by atoms with Gasteiger partial charge >= 0.3 is 0 Å². The third-order valence-electron chi connectivity index (χ3n) is 8.30. The molecule has 18 nitrogen and oxygen atoms in total. The van der Waals surface area contributed by atoms with E-state index in [9.17, 15) is 57.5 Å². The molecule has 0 unspecified atom stereocenters. The van der Waals surface area contributed by atoms with E-state index in [2.05, 4.69) is 0 Å². The Kier molecular flexibility index (Phi) is 10.3. The maximum Gasteiger partial charge on any atom is 0.258 e. The fourth-order valence-electron chi connectivity index (χ4n) is 5.64. The van der Waals surface area contributed by atoms with Crippen LogP contribution < -0.4 is 19.6 Å². The molecule has 18 heteroatoms. The Morgan fingerprint density at radius 3 is 0.732 bits per heavy atom. The monoisotopic (exact) mass is 756 g/mol. The van der Waals surface area contributed by atoms with Crippen LogP contribution in [0.1, 0.15) is 0 Å². The molecule has 6 aliphatic heterocycles. The SMILES string of the molecule is O=C1C=CC(=O)N1CCN1C(=O)C=CC1=O.O=C1C=CC(=O)N1c1ccc(N2C(=O)C=CC2=O)cc1.O=C1C=CC(=O)N1c1cccc(N2C(=O)C=CC2=O)c1. The number of hydrogen-bond acceptors (Lipinski definition) is 12. The zero-order valence-corrected chi connectivity index (χ0v) is 28.5. The minimum Gasteiger partial charge on any atom is -0.274 e. The van der Waals surface area contributed by atoms with Crippen molar-refractivity contribution in [3.63, 3.8) is 0 Å². The van der Waals surface area contributed by atoms with E-state index in [0.717, 1.165) is 53.7 Å². The van der Waals surface area contributed by atoms with E-state index in [0.29, 0.717) is 22.7 Å². The molecule has 8 rings (SSSR count). The number of nitrogens with zero attached hydrogens (tertiary/aromatic N) is 6. The molecule has 0 atom stereocenters. The highest BCUT2D eigenvalue weighted by atomic mass is 16.2. The molecule has 0 saturated carbocycles. The van der Waals surface area contributed by atoms with Gasteiger partial charge in [0.15, 0.2) is 0 Å². The van der Waals surface area contributed by atoms with Gasteiger partial charge in [-0.3, -0.25) is 67.3 Å². The van der Waals surface area contributed by atoms with Crippen LogP contribution in [0, 0.1) is 0 Å². The summed E-state index contributed by atoms with van der Waals surface area (Å²) in [5.74, 6) is -5.17. The summed E-state index contributed by atoms with van der Waals surface area (Å²) in [7, 11) is 0. The van der Waals surface area contributed by atoms with Gasteiger partial charge in [-0.2, -0.15) is 0 Å². The molecule has 56 heavy (non-hydrogen) atoms. The van der Waals surface area contributed by atoms with Crippen molar-refractivity contribution in [2.45, 2.75) is 0 Å². The second-order valence-corrected chi connectivity index (χ2v) is 11.7. The van der Waals surface area contributed by atoms with Crippen LogP contribution in [0.25, 0.3) is 0 Å². The fraction of sp³-hybridized carbons (Fsp3) is 0.0526. The van der Waals surface area contributed by atoms with E-state index in [-0.39, 0.29) is 13.1 Å². The number of imide groups is 6. The van der Waals surface area contributed by atoms with Crippen molar-refractivity contribution in [1.29, 1.82) is 0 Å². The minimum atomic E-state index is -0.454. The molecule has 0 spiro atoms. The lowest BCUT2D eigenvalue weighted by atomic mass is 10.2. The number of rotatable bonds is 7. The third kappa shape index (κ3) is 7.46. The van der Waals surface area contributed by atoms with Crippen LogP contribution in [0.4, 0.5) is 22.7 Å². The van der Waals surface area contributed by atoms with E-state index in [1.54, 1.807) is 18.2 Å². The van der Waals surface area contributed by atoms with Gasteiger partial charge in [-0.05, 0) is 42.5 Å². The molecule has 0 fully saturated rings. The van der Waals surface area contributed by atoms with Crippen LogP contribution in [-0.2, 0) is 57.5 Å². The molecule has 0 aromatic heterocycles. The third-order valence-corrected chi connectivity index (χ3v) is 8.30. The molecular formula is C38H24N6O12. The van der Waals surface area contributed by atoms with Crippen molar-refractivity contribution in [3.8, 4) is 0 Å². The van der Waals surface area contributed by atoms with Crippen LogP contribution in [0.3, 0.4) is 0 Å². The first-order valence-electron chi connectivity index (χ1n) is 16.3. The van der Waals surface area contributed by atoms with Crippen LogP contribution in [0.2, 0.25) is 0 Å². The van der Waals surface area contributed by atoms with Gasteiger partial charge in [0.1, 0.15) is 0 Å². The quantitative estimate of drug-likeness (QED) is 0.339. The zero-order valence-electron chi connectivity index (χ0n) is 28.5. The van der Waals surface area contributed by atoms with Gasteiger partial charge in [-0.25, -0.2) is 19.6 Å². The molecule has 0 N–H and O–H groups in total. The Bertz CT molecular complexity index is 2120. The number of hydrogen-bond donors (Lipinski definition) is 0. The molecule has 0 aliphatic carbocycles. The van der Waals surface area contributed by atoms with Crippen molar-refractivity contribution in [2.75, 3.05) is 32.7 Å². The number of anilines is 4. The summed E-state index contributed by atoms with van der Waals surface area (Å²) in [6, 6.07) is 12.2. The first-order valence-corrected chi connectivity index (χ1v) is 16.3. The van der Waals surface area contributed by atoms with Crippen LogP contribution in [0.5, 0.6) is 0 Å². The highest BCUT2D eigenvalue weighted by Gasteiger charge is 2.31. The van der Waals surface area contributed by atoms with Gasteiger partial charge in [0, 0.05) is 86.0 Å². The molecule has 6 aliphatic rings. The average Bonchev–Trinajstić information content (AvgIpc) is 4.02. The van der Waals surface area contributed by atoms with Crippen LogP contribution in [0.15, 0.2) is 121 Å². The van der Waals surface area contributed by atoms with Gasteiger partial charge in [0.2, 0.25) is 0 Å². The van der Waals surface area contributed by atoms with Gasteiger partial charge in [-0.15, -0.1) is 0 Å². The largest absolute Gasteiger partial charge is 0.274 e. The molecule has 278 valence electrons. The molecule has 0 bridgehead atoms. The molecule has 0 radical (unpaired) electrons. The Labute approximate surface area is 314 Å². The van der Waals surface area contributed by atoms with E-state index < -0.39 is 70.9 Å². The van der Waals surface area contributed by atoms with E-state index >= 15 is 0 Å². The van der Waals surface area contributed by atoms with Crippen LogP contribution in [-0.4, -0.2) is 93.8 Å². The highest BCUT2D eigenvalue weighted by molar-refractivity contribution is 6.31. The Morgan fingerprint density at radius 2 is 0.482 bits per heavy atom. The maximum absolute atomic E-state index is 11.6. The van der Waals surface area contributed by atoms with Crippen molar-refractivity contribution >= 4 is 93.6 Å². The molecule has 12 amide bonds. The molecule has 2 aromatic rings. The lowest BCUT2D eigenvalue weighted by Crippen LogP contribution is -2.40. The van der Waals surface area contributed by atoms with E-state index in [1.807, 2.05) is 0 Å². The van der Waals surface area contributed by atoms with Gasteiger partial charge in [-0.1, -0.05) is 6.07 Å². The highest BCUT2D eigenvalue weighted by Crippen LogP contribution is 2.27. The normalized spacial score (nSPS) is 18.3. The number of carbonyl (C=O) groups is 12. The summed E-state index contributed by atoms with van der Waals surface area (Å²) in [6.07, 6.45) is 14.1. The molecular weight excluding hydrogens is 732 g/mol. The second kappa shape index (κ2) is 15.4. The number of carbonyl (C=O) groups excluding carboxylic acids is 12. The standard InChI is InChI=1S/2C14H8N2O4.C10H8N2O4/c17-11-5-6-12(18)15(11)9-1-2-10(4-3-9)16-13(19)7-8-14(16)20;17-11-4-5-12(18)15(11)9-2-1-3-10(8-9)16-13(19)6-7-14(16)20;13-7-1-2-8(14)11(7)5-6-12-9(15)3-4-10(12)16/h2*1-8H;1-4H,5-6H2. The smallest absolute Gasteiger partial charge is 0.258 e. The van der Waals surface area contributed by atoms with Crippen molar-refractivity contribution in [3.05, 3.63) is 121 Å². The summed E-state index contributed by atoms with van der Waals surface area (Å²) in [4.78, 5) is 143. The predicted molar refractivity (Wildman–Crippen MR) is 191 cm³/mol. The summed E-state index contributed by atoms with van der Waals surface area (Å²) < 4.78 is 0. The van der Waals surface area contributed by atoms with E-state index in [4.69, 9.17) is 0 Å². The van der Waals surface area contributed by atoms with Gasteiger partial charge in [0.05, 0.1) is 22.7 Å². The van der Waals surface area contributed by atoms with Crippen molar-refractivity contribution in [2.24, 2.45) is 0 Å². The number of amides is 12.